The minimum Gasteiger partial charge on any atom is -0.508 e. The van der Waals surface area contributed by atoms with E-state index in [1.807, 2.05) is 0 Å². The van der Waals surface area contributed by atoms with Gasteiger partial charge in [-0.2, -0.15) is 0 Å². The zero-order valence-electron chi connectivity index (χ0n) is 21.9. The molecule has 42 heavy (non-hydrogen) atoms. The Hall–Kier alpha value is -3.51. The summed E-state index contributed by atoms with van der Waals surface area (Å²) in [6.45, 7) is 0.850. The summed E-state index contributed by atoms with van der Waals surface area (Å²) in [5, 5.41) is 92.1. The lowest BCUT2D eigenvalue weighted by molar-refractivity contribution is -0.318. The molecule has 228 valence electrons. The summed E-state index contributed by atoms with van der Waals surface area (Å²) in [5.74, 6) is -2.45. The van der Waals surface area contributed by atoms with Crippen molar-refractivity contribution in [3.05, 3.63) is 46.6 Å². The highest BCUT2D eigenvalue weighted by atomic mass is 16.7. The molecule has 2 fully saturated rings. The fourth-order valence-corrected chi connectivity index (χ4v) is 4.83. The van der Waals surface area contributed by atoms with E-state index < -0.39 is 96.1 Å². The number of rotatable bonds is 6. The van der Waals surface area contributed by atoms with E-state index in [-0.39, 0.29) is 22.7 Å². The van der Waals surface area contributed by atoms with E-state index in [0.717, 1.165) is 12.1 Å². The molecule has 1 aromatic heterocycles. The maximum Gasteiger partial charge on any atom is 0.239 e. The lowest BCUT2D eigenvalue weighted by Gasteiger charge is -2.42. The molecule has 2 saturated heterocycles. The van der Waals surface area contributed by atoms with Gasteiger partial charge in [0.15, 0.2) is 12.1 Å². The number of para-hydroxylation sites is 1. The van der Waals surface area contributed by atoms with E-state index in [1.54, 1.807) is 0 Å². The average Bonchev–Trinajstić information content (AvgIpc) is 2.95. The van der Waals surface area contributed by atoms with E-state index in [9.17, 15) is 50.8 Å². The van der Waals surface area contributed by atoms with Crippen LogP contribution in [0.5, 0.6) is 23.0 Å². The van der Waals surface area contributed by atoms with Crippen LogP contribution in [0.4, 0.5) is 0 Å². The largest absolute Gasteiger partial charge is 0.508 e. The molecule has 0 amide bonds. The molecular formula is C27H30O15. The Morgan fingerprint density at radius 3 is 2.17 bits per heavy atom. The van der Waals surface area contributed by atoms with Crippen LogP contribution in [-0.2, 0) is 14.2 Å². The van der Waals surface area contributed by atoms with Crippen molar-refractivity contribution in [2.75, 3.05) is 6.61 Å². The van der Waals surface area contributed by atoms with Crippen molar-refractivity contribution in [1.82, 2.24) is 0 Å². The van der Waals surface area contributed by atoms with Gasteiger partial charge in [0, 0.05) is 12.1 Å². The Labute approximate surface area is 236 Å². The second kappa shape index (κ2) is 11.6. The number of phenols is 3. The van der Waals surface area contributed by atoms with Crippen molar-refractivity contribution >= 4 is 11.0 Å². The summed E-state index contributed by atoms with van der Waals surface area (Å²) < 4.78 is 27.9. The van der Waals surface area contributed by atoms with Crippen LogP contribution in [-0.4, -0.2) is 114 Å². The molecule has 0 unspecified atom stereocenters. The minimum atomic E-state index is -1.94. The maximum atomic E-state index is 13.6. The monoisotopic (exact) mass is 594 g/mol. The summed E-state index contributed by atoms with van der Waals surface area (Å²) in [6, 6.07) is 7.63. The van der Waals surface area contributed by atoms with Gasteiger partial charge in [-0.15, -0.1) is 0 Å². The van der Waals surface area contributed by atoms with Crippen LogP contribution in [0.2, 0.25) is 0 Å². The first-order valence-electron chi connectivity index (χ1n) is 12.9. The van der Waals surface area contributed by atoms with Gasteiger partial charge in [0.05, 0.1) is 18.3 Å². The Morgan fingerprint density at radius 2 is 1.45 bits per heavy atom. The lowest BCUT2D eigenvalue weighted by Crippen LogP contribution is -2.61. The molecule has 15 heteroatoms. The Kier molecular flexibility index (Phi) is 8.30. The van der Waals surface area contributed by atoms with Crippen LogP contribution in [0.1, 0.15) is 6.92 Å². The minimum absolute atomic E-state index is 0.0431. The maximum absolute atomic E-state index is 13.6. The number of aliphatic hydroxyl groups excluding tert-OH is 6. The molecule has 2 aromatic carbocycles. The Morgan fingerprint density at radius 1 is 0.786 bits per heavy atom. The van der Waals surface area contributed by atoms with E-state index in [2.05, 4.69) is 0 Å². The van der Waals surface area contributed by atoms with E-state index in [4.69, 9.17) is 23.4 Å². The molecule has 0 bridgehead atoms. The van der Waals surface area contributed by atoms with Crippen molar-refractivity contribution in [3.8, 4) is 34.3 Å². The number of aromatic hydroxyl groups is 3. The zero-order chi connectivity index (χ0) is 30.5. The third-order valence-electron chi connectivity index (χ3n) is 7.20. The second-order valence-electron chi connectivity index (χ2n) is 10.1. The van der Waals surface area contributed by atoms with E-state index >= 15 is 0 Å². The molecular weight excluding hydrogens is 564 g/mol. The van der Waals surface area contributed by atoms with Gasteiger partial charge >= 0.3 is 0 Å². The standard InChI is InChI=1S/C27H30O15/c1-9-17(31)20(34)22(36)26(39-9)38-8-15-18(32)21(35)23(37)27(41-15)42-25-19(33)16-13(30)6-10(28)7-14(16)40-24(25)11-4-2-3-5-12(11)29/h2-7,9,15,17-18,20-23,26-32,34-37H,8H2,1H3/t9-,15+,17-,18+,20-,21-,22-,23+,26+,27-/m0/s1. The topological polar surface area (TPSA) is 249 Å². The molecule has 0 spiro atoms. The predicted octanol–water partition coefficient (Wildman–Crippen LogP) is -1.39. The van der Waals surface area contributed by atoms with Crippen LogP contribution < -0.4 is 10.2 Å². The molecule has 3 aromatic rings. The fraction of sp³-hybridized carbons (Fsp3) is 0.444. The Bertz CT molecular complexity index is 1490. The molecule has 5 rings (SSSR count). The summed E-state index contributed by atoms with van der Waals surface area (Å²) in [4.78, 5) is 13.6. The normalized spacial score (nSPS) is 33.5. The summed E-state index contributed by atoms with van der Waals surface area (Å²) in [6.07, 6.45) is -15.9. The van der Waals surface area contributed by atoms with Crippen molar-refractivity contribution in [2.24, 2.45) is 0 Å². The first kappa shape index (κ1) is 30.0. The van der Waals surface area contributed by atoms with E-state index in [1.165, 1.54) is 31.2 Å². The lowest BCUT2D eigenvalue weighted by atomic mass is 9.98. The van der Waals surface area contributed by atoms with Crippen LogP contribution >= 0.6 is 0 Å². The van der Waals surface area contributed by atoms with Gasteiger partial charge < -0.3 is 69.3 Å². The van der Waals surface area contributed by atoms with Gasteiger partial charge in [0.25, 0.3) is 0 Å². The van der Waals surface area contributed by atoms with Gasteiger partial charge in [-0.05, 0) is 19.1 Å². The molecule has 3 heterocycles. The molecule has 2 aliphatic heterocycles. The predicted molar refractivity (Wildman–Crippen MR) is 139 cm³/mol. The molecule has 0 saturated carbocycles. The van der Waals surface area contributed by atoms with Crippen LogP contribution in [0, 0.1) is 0 Å². The Balaban J connectivity index is 1.47. The van der Waals surface area contributed by atoms with Gasteiger partial charge in [-0.3, -0.25) is 4.79 Å². The molecule has 2 aliphatic rings. The third kappa shape index (κ3) is 5.37. The molecule has 15 nitrogen and oxygen atoms in total. The number of hydrogen-bond acceptors (Lipinski definition) is 15. The van der Waals surface area contributed by atoms with E-state index in [0.29, 0.717) is 0 Å². The first-order chi connectivity index (χ1) is 19.9. The first-order valence-corrected chi connectivity index (χ1v) is 12.9. The summed E-state index contributed by atoms with van der Waals surface area (Å²) in [7, 11) is 0. The summed E-state index contributed by atoms with van der Waals surface area (Å²) in [5.41, 5.74) is -1.29. The highest BCUT2D eigenvalue weighted by molar-refractivity contribution is 5.88. The number of benzene rings is 2. The molecule has 0 radical (unpaired) electrons. The number of aliphatic hydroxyl groups is 6. The fourth-order valence-electron chi connectivity index (χ4n) is 4.83. The highest BCUT2D eigenvalue weighted by Gasteiger charge is 2.47. The highest BCUT2D eigenvalue weighted by Crippen LogP contribution is 2.40. The second-order valence-corrected chi connectivity index (χ2v) is 10.1. The summed E-state index contributed by atoms with van der Waals surface area (Å²) >= 11 is 0. The number of hydrogen-bond donors (Lipinski definition) is 9. The molecule has 9 N–H and O–H groups in total. The van der Waals surface area contributed by atoms with Crippen LogP contribution in [0.25, 0.3) is 22.3 Å². The molecule has 0 aliphatic carbocycles. The van der Waals surface area contributed by atoms with Crippen molar-refractivity contribution in [3.63, 3.8) is 0 Å². The van der Waals surface area contributed by atoms with Gasteiger partial charge in [-0.1, -0.05) is 12.1 Å². The van der Waals surface area contributed by atoms with Crippen molar-refractivity contribution in [1.29, 1.82) is 0 Å². The number of fused-ring (bicyclic) bond motifs is 1. The van der Waals surface area contributed by atoms with Gasteiger partial charge in [0.2, 0.25) is 17.5 Å². The van der Waals surface area contributed by atoms with Crippen LogP contribution in [0.15, 0.2) is 45.6 Å². The average molecular weight is 595 g/mol. The molecule has 10 atom stereocenters. The van der Waals surface area contributed by atoms with Gasteiger partial charge in [-0.25, -0.2) is 0 Å². The van der Waals surface area contributed by atoms with Crippen molar-refractivity contribution < 1.29 is 69.3 Å². The quantitative estimate of drug-likeness (QED) is 0.159. The van der Waals surface area contributed by atoms with Crippen LogP contribution in [0.3, 0.4) is 0 Å². The van der Waals surface area contributed by atoms with Crippen molar-refractivity contribution in [2.45, 2.75) is 68.3 Å². The number of ether oxygens (including phenoxy) is 4. The third-order valence-corrected chi connectivity index (χ3v) is 7.20. The zero-order valence-corrected chi connectivity index (χ0v) is 21.9. The van der Waals surface area contributed by atoms with Gasteiger partial charge in [0.1, 0.15) is 70.9 Å². The smallest absolute Gasteiger partial charge is 0.239 e. The number of phenolic OH excluding ortho intramolecular Hbond substituents is 3. The SMILES string of the molecule is C[C@@H]1O[C@@H](OC[C@H]2O[C@@H](Oc3c(-c4ccccc4O)oc4cc(O)cc(O)c4c3=O)[C@H](O)[C@@H](O)[C@@H]2O)[C@@H](O)[C@@H](O)[C@H]1O.